The number of methoxy groups -OCH3 is 2. The molecule has 1 aliphatic rings. The molecule has 3 heterocycles. The van der Waals surface area contributed by atoms with Crippen molar-refractivity contribution in [2.24, 2.45) is 0 Å². The lowest BCUT2D eigenvalue weighted by atomic mass is 10.0. The van der Waals surface area contributed by atoms with Crippen LogP contribution in [0.25, 0.3) is 11.1 Å². The van der Waals surface area contributed by atoms with E-state index in [1.165, 1.54) is 11.1 Å². The van der Waals surface area contributed by atoms with Crippen molar-refractivity contribution in [2.45, 2.75) is 32.9 Å². The van der Waals surface area contributed by atoms with Gasteiger partial charge in [-0.3, -0.25) is 4.68 Å². The number of ether oxygens (including phenoxy) is 2. The number of anilines is 4. The Morgan fingerprint density at radius 2 is 1.75 bits per heavy atom. The lowest BCUT2D eigenvalue weighted by Crippen LogP contribution is -2.23. The number of nitrogens with zero attached hydrogens (tertiary/aromatic N) is 4. The van der Waals surface area contributed by atoms with E-state index in [4.69, 9.17) is 14.5 Å². The highest BCUT2D eigenvalue weighted by atomic mass is 16.5. The quantitative estimate of drug-likeness (QED) is 0.318. The zero-order valence-electron chi connectivity index (χ0n) is 21.0. The molecule has 186 valence electrons. The average molecular weight is 486 g/mol. The maximum absolute atomic E-state index is 5.39. The van der Waals surface area contributed by atoms with E-state index in [1.807, 2.05) is 41.5 Å². The Bertz CT molecular complexity index is 1340. The highest BCUT2D eigenvalue weighted by molar-refractivity contribution is 5.78. The molecule has 0 atom stereocenters. The molecule has 4 aromatic rings. The van der Waals surface area contributed by atoms with Gasteiger partial charge in [0.25, 0.3) is 0 Å². The second kappa shape index (κ2) is 10.2. The summed E-state index contributed by atoms with van der Waals surface area (Å²) in [5.74, 6) is 2.49. The van der Waals surface area contributed by atoms with Gasteiger partial charge in [-0.1, -0.05) is 6.07 Å². The van der Waals surface area contributed by atoms with Crippen molar-refractivity contribution in [3.63, 3.8) is 0 Å². The van der Waals surface area contributed by atoms with Gasteiger partial charge in [-0.25, -0.2) is 4.98 Å². The Morgan fingerprint density at radius 1 is 0.944 bits per heavy atom. The largest absolute Gasteiger partial charge is 0.497 e. The van der Waals surface area contributed by atoms with E-state index in [9.17, 15) is 0 Å². The van der Waals surface area contributed by atoms with Crippen LogP contribution in [-0.4, -0.2) is 40.5 Å². The first-order chi connectivity index (χ1) is 17.5. The van der Waals surface area contributed by atoms with Crippen LogP contribution in [0.4, 0.5) is 23.1 Å². The molecule has 2 aromatic heterocycles. The van der Waals surface area contributed by atoms with Crippen molar-refractivity contribution in [2.75, 3.05) is 31.4 Å². The number of aromatic nitrogens is 4. The third-order valence-corrected chi connectivity index (χ3v) is 6.19. The molecule has 0 unspecified atom stereocenters. The lowest BCUT2D eigenvalue weighted by Gasteiger charge is -2.19. The molecule has 0 aliphatic carbocycles. The Kier molecular flexibility index (Phi) is 6.73. The minimum atomic E-state index is 0.258. The van der Waals surface area contributed by atoms with Crippen molar-refractivity contribution in [1.82, 2.24) is 25.1 Å². The first kappa shape index (κ1) is 23.6. The molecule has 9 heteroatoms. The molecule has 9 nitrogen and oxygen atoms in total. The SMILES string of the molecule is COc1cc(Nc2ncc(-c3cnn(C(C)C)c3)c(Nc3ccc4c(c3)CNCC4)n2)cc(OC)c1. The third kappa shape index (κ3) is 5.11. The van der Waals surface area contributed by atoms with Crippen molar-refractivity contribution in [3.05, 3.63) is 66.1 Å². The van der Waals surface area contributed by atoms with Crippen LogP contribution in [0.5, 0.6) is 11.5 Å². The predicted octanol–water partition coefficient (Wildman–Crippen LogP) is 5.07. The second-order valence-corrected chi connectivity index (χ2v) is 9.02. The smallest absolute Gasteiger partial charge is 0.229 e. The standard InChI is InChI=1S/C27H31N7O2/c1-17(2)34-16-20(14-30-34)25-15-29-27(32-22-10-23(35-3)12-24(11-22)36-4)33-26(25)31-21-6-5-18-7-8-28-13-19(18)9-21/h5-6,9-12,14-17,28H,7-8,13H2,1-4H3,(H2,29,31,32,33). The molecule has 0 saturated carbocycles. The Hall–Kier alpha value is -4.11. The summed E-state index contributed by atoms with van der Waals surface area (Å²) in [6.45, 7) is 6.08. The molecular formula is C27H31N7O2. The number of hydrogen-bond acceptors (Lipinski definition) is 8. The van der Waals surface area contributed by atoms with E-state index in [1.54, 1.807) is 14.2 Å². The molecule has 5 rings (SSSR count). The van der Waals surface area contributed by atoms with Crippen molar-refractivity contribution in [1.29, 1.82) is 0 Å². The minimum Gasteiger partial charge on any atom is -0.497 e. The molecule has 0 saturated heterocycles. The van der Waals surface area contributed by atoms with Crippen molar-refractivity contribution < 1.29 is 9.47 Å². The third-order valence-electron chi connectivity index (χ3n) is 6.19. The van der Waals surface area contributed by atoms with Gasteiger partial charge in [0.1, 0.15) is 17.3 Å². The highest BCUT2D eigenvalue weighted by Crippen LogP contribution is 2.32. The van der Waals surface area contributed by atoms with E-state index in [2.05, 4.69) is 58.1 Å². The van der Waals surface area contributed by atoms with Gasteiger partial charge < -0.3 is 25.4 Å². The fourth-order valence-corrected chi connectivity index (χ4v) is 4.21. The van der Waals surface area contributed by atoms with Crippen LogP contribution in [0.2, 0.25) is 0 Å². The van der Waals surface area contributed by atoms with Gasteiger partial charge >= 0.3 is 0 Å². The Balaban J connectivity index is 1.51. The fourth-order valence-electron chi connectivity index (χ4n) is 4.21. The summed E-state index contributed by atoms with van der Waals surface area (Å²) in [5, 5.41) is 14.8. The van der Waals surface area contributed by atoms with Crippen molar-refractivity contribution in [3.8, 4) is 22.6 Å². The van der Waals surface area contributed by atoms with E-state index >= 15 is 0 Å². The summed E-state index contributed by atoms with van der Waals surface area (Å²) in [4.78, 5) is 9.45. The monoisotopic (exact) mass is 485 g/mol. The number of nitrogens with one attached hydrogen (secondary N) is 3. The Morgan fingerprint density at radius 3 is 2.47 bits per heavy atom. The van der Waals surface area contributed by atoms with Crippen LogP contribution in [0, 0.1) is 0 Å². The summed E-state index contributed by atoms with van der Waals surface area (Å²) >= 11 is 0. The summed E-state index contributed by atoms with van der Waals surface area (Å²) in [6.07, 6.45) is 6.73. The van der Waals surface area contributed by atoms with Gasteiger partial charge in [0.05, 0.1) is 20.4 Å². The first-order valence-corrected chi connectivity index (χ1v) is 12.0. The normalized spacial score (nSPS) is 12.8. The van der Waals surface area contributed by atoms with E-state index in [0.29, 0.717) is 23.3 Å². The number of fused-ring (bicyclic) bond motifs is 1. The number of rotatable bonds is 8. The molecular weight excluding hydrogens is 454 g/mol. The zero-order valence-corrected chi connectivity index (χ0v) is 21.0. The summed E-state index contributed by atoms with van der Waals surface area (Å²) < 4.78 is 12.7. The molecule has 3 N–H and O–H groups in total. The van der Waals surface area contributed by atoms with Gasteiger partial charge in [-0.15, -0.1) is 0 Å². The topological polar surface area (TPSA) is 98.2 Å². The van der Waals surface area contributed by atoms with Crippen LogP contribution >= 0.6 is 0 Å². The molecule has 0 spiro atoms. The highest BCUT2D eigenvalue weighted by Gasteiger charge is 2.15. The molecule has 0 amide bonds. The maximum Gasteiger partial charge on any atom is 0.229 e. The summed E-state index contributed by atoms with van der Waals surface area (Å²) in [5.41, 5.74) is 6.23. The second-order valence-electron chi connectivity index (χ2n) is 9.02. The van der Waals surface area contributed by atoms with Crippen molar-refractivity contribution >= 4 is 23.1 Å². The van der Waals surface area contributed by atoms with Gasteiger partial charge in [0.2, 0.25) is 5.95 Å². The van der Waals surface area contributed by atoms with Crippen LogP contribution in [0.1, 0.15) is 31.0 Å². The number of benzene rings is 2. The van der Waals surface area contributed by atoms with Gasteiger partial charge in [-0.05, 0) is 50.1 Å². The van der Waals surface area contributed by atoms with E-state index in [-0.39, 0.29) is 6.04 Å². The molecule has 0 fully saturated rings. The molecule has 1 aliphatic heterocycles. The Labute approximate surface area is 210 Å². The maximum atomic E-state index is 5.39. The summed E-state index contributed by atoms with van der Waals surface area (Å²) in [7, 11) is 3.24. The first-order valence-electron chi connectivity index (χ1n) is 12.0. The van der Waals surface area contributed by atoms with E-state index < -0.39 is 0 Å². The predicted molar refractivity (Wildman–Crippen MR) is 142 cm³/mol. The molecule has 2 aromatic carbocycles. The molecule has 0 radical (unpaired) electrons. The van der Waals surface area contributed by atoms with Gasteiger partial charge in [-0.2, -0.15) is 10.1 Å². The van der Waals surface area contributed by atoms with E-state index in [0.717, 1.165) is 42.0 Å². The van der Waals surface area contributed by atoms with Crippen LogP contribution in [-0.2, 0) is 13.0 Å². The minimum absolute atomic E-state index is 0.258. The van der Waals surface area contributed by atoms with Crippen LogP contribution in [0.15, 0.2) is 55.0 Å². The summed E-state index contributed by atoms with van der Waals surface area (Å²) in [6, 6.07) is 12.3. The number of hydrogen-bond donors (Lipinski definition) is 3. The van der Waals surface area contributed by atoms with Crippen LogP contribution in [0.3, 0.4) is 0 Å². The lowest BCUT2D eigenvalue weighted by molar-refractivity contribution is 0.395. The average Bonchev–Trinajstić information content (AvgIpc) is 3.39. The fraction of sp³-hybridized carbons (Fsp3) is 0.296. The van der Waals surface area contributed by atoms with Gasteiger partial charge in [0, 0.05) is 65.7 Å². The molecule has 36 heavy (non-hydrogen) atoms. The molecule has 0 bridgehead atoms. The van der Waals surface area contributed by atoms with Crippen LogP contribution < -0.4 is 25.4 Å². The van der Waals surface area contributed by atoms with Gasteiger partial charge in [0.15, 0.2) is 0 Å². The zero-order chi connectivity index (χ0) is 25.1.